The summed E-state index contributed by atoms with van der Waals surface area (Å²) < 4.78 is 8.20. The van der Waals surface area contributed by atoms with Gasteiger partial charge in [0.15, 0.2) is 5.96 Å². The summed E-state index contributed by atoms with van der Waals surface area (Å²) in [6, 6.07) is 10.8. The highest BCUT2D eigenvalue weighted by molar-refractivity contribution is 5.79. The Bertz CT molecular complexity index is 796. The lowest BCUT2D eigenvalue weighted by Crippen LogP contribution is -2.42. The normalized spacial score (nSPS) is 19.9. The standard InChI is InChI=1S/C23H35N5O/c1-17-8-10-20(11-9-17)22-21(7-5-14-29-22)16-26-23(24-4)25-12-6-13-28-19(3)15-18(2)27-28/h8-11,15,21-22H,5-7,12-14,16H2,1-4H3,(H2,24,25,26). The van der Waals surface area contributed by atoms with Crippen LogP contribution in [0.5, 0.6) is 0 Å². The number of aromatic nitrogens is 2. The van der Waals surface area contributed by atoms with Gasteiger partial charge in [0.2, 0.25) is 0 Å². The Kier molecular flexibility index (Phi) is 7.69. The van der Waals surface area contributed by atoms with Gasteiger partial charge in [0.1, 0.15) is 0 Å². The van der Waals surface area contributed by atoms with Crippen molar-refractivity contribution in [2.45, 2.75) is 52.7 Å². The van der Waals surface area contributed by atoms with Crippen LogP contribution in [0.4, 0.5) is 0 Å². The minimum atomic E-state index is 0.154. The van der Waals surface area contributed by atoms with Gasteiger partial charge in [-0.3, -0.25) is 9.67 Å². The van der Waals surface area contributed by atoms with Crippen molar-refractivity contribution in [3.8, 4) is 0 Å². The van der Waals surface area contributed by atoms with Crippen LogP contribution in [0.2, 0.25) is 0 Å². The molecule has 29 heavy (non-hydrogen) atoms. The summed E-state index contributed by atoms with van der Waals surface area (Å²) in [6.45, 7) is 9.73. The lowest BCUT2D eigenvalue weighted by molar-refractivity contribution is -0.0265. The van der Waals surface area contributed by atoms with E-state index in [1.807, 2.05) is 14.0 Å². The van der Waals surface area contributed by atoms with Crippen LogP contribution < -0.4 is 10.6 Å². The van der Waals surface area contributed by atoms with Crippen molar-refractivity contribution >= 4 is 5.96 Å². The first-order valence-electron chi connectivity index (χ1n) is 10.7. The van der Waals surface area contributed by atoms with Crippen LogP contribution in [0.15, 0.2) is 35.3 Å². The summed E-state index contributed by atoms with van der Waals surface area (Å²) in [6.07, 6.45) is 3.44. The highest BCUT2D eigenvalue weighted by Gasteiger charge is 2.27. The number of nitrogens with zero attached hydrogens (tertiary/aromatic N) is 3. The van der Waals surface area contributed by atoms with Crippen molar-refractivity contribution in [1.82, 2.24) is 20.4 Å². The summed E-state index contributed by atoms with van der Waals surface area (Å²) in [4.78, 5) is 4.38. The second-order valence-corrected chi connectivity index (χ2v) is 7.99. The molecular formula is C23H35N5O. The largest absolute Gasteiger partial charge is 0.373 e. The highest BCUT2D eigenvalue weighted by atomic mass is 16.5. The molecule has 1 aromatic heterocycles. The number of nitrogens with one attached hydrogen (secondary N) is 2. The quantitative estimate of drug-likeness (QED) is 0.426. The zero-order valence-electron chi connectivity index (χ0n) is 18.2. The van der Waals surface area contributed by atoms with Gasteiger partial charge in [-0.15, -0.1) is 0 Å². The van der Waals surface area contributed by atoms with Crippen LogP contribution in [-0.4, -0.2) is 42.5 Å². The van der Waals surface area contributed by atoms with Crippen LogP contribution in [0.3, 0.4) is 0 Å². The first kappa shape index (κ1) is 21.4. The zero-order valence-corrected chi connectivity index (χ0v) is 18.2. The highest BCUT2D eigenvalue weighted by Crippen LogP contribution is 2.33. The summed E-state index contributed by atoms with van der Waals surface area (Å²) in [5.74, 6) is 1.30. The molecule has 6 nitrogen and oxygen atoms in total. The molecule has 2 aromatic rings. The Morgan fingerprint density at radius 2 is 2.00 bits per heavy atom. The van der Waals surface area contributed by atoms with Gasteiger partial charge in [0, 0.05) is 44.9 Å². The Balaban J connectivity index is 1.46. The second kappa shape index (κ2) is 10.4. The predicted octanol–water partition coefficient (Wildman–Crippen LogP) is 3.53. The SMILES string of the molecule is CN=C(NCCCn1nc(C)cc1C)NCC1CCCOC1c1ccc(C)cc1. The first-order valence-corrected chi connectivity index (χ1v) is 10.7. The van der Waals surface area contributed by atoms with Crippen molar-refractivity contribution in [2.24, 2.45) is 10.9 Å². The third kappa shape index (κ3) is 6.07. The van der Waals surface area contributed by atoms with E-state index in [0.29, 0.717) is 5.92 Å². The molecule has 0 bridgehead atoms. The number of rotatable bonds is 7. The number of benzene rings is 1. The third-order valence-electron chi connectivity index (χ3n) is 5.55. The van der Waals surface area contributed by atoms with E-state index < -0.39 is 0 Å². The summed E-state index contributed by atoms with van der Waals surface area (Å²) in [5.41, 5.74) is 4.84. The Hall–Kier alpha value is -2.34. The fourth-order valence-corrected chi connectivity index (χ4v) is 3.96. The fraction of sp³-hybridized carbons (Fsp3) is 0.565. The number of aliphatic imine (C=N–C) groups is 1. The zero-order chi connectivity index (χ0) is 20.6. The van der Waals surface area contributed by atoms with Gasteiger partial charge in [0.05, 0.1) is 11.8 Å². The number of hydrogen-bond donors (Lipinski definition) is 2. The maximum absolute atomic E-state index is 6.13. The van der Waals surface area contributed by atoms with E-state index in [-0.39, 0.29) is 6.10 Å². The van der Waals surface area contributed by atoms with Gasteiger partial charge >= 0.3 is 0 Å². The van der Waals surface area contributed by atoms with Crippen LogP contribution in [0.25, 0.3) is 0 Å². The molecule has 1 aliphatic heterocycles. The second-order valence-electron chi connectivity index (χ2n) is 7.99. The topological polar surface area (TPSA) is 63.5 Å². The molecule has 0 amide bonds. The maximum Gasteiger partial charge on any atom is 0.190 e. The van der Waals surface area contributed by atoms with Gasteiger partial charge in [-0.05, 0) is 51.7 Å². The molecule has 0 spiro atoms. The minimum absolute atomic E-state index is 0.154. The molecule has 0 radical (unpaired) electrons. The molecule has 158 valence electrons. The summed E-state index contributed by atoms with van der Waals surface area (Å²) >= 11 is 0. The van der Waals surface area contributed by atoms with Crippen molar-refractivity contribution < 1.29 is 4.74 Å². The van der Waals surface area contributed by atoms with Crippen molar-refractivity contribution in [2.75, 3.05) is 26.7 Å². The molecule has 2 heterocycles. The minimum Gasteiger partial charge on any atom is -0.373 e. The molecule has 1 aliphatic rings. The number of hydrogen-bond acceptors (Lipinski definition) is 3. The molecule has 2 atom stereocenters. The molecule has 1 aromatic carbocycles. The Labute approximate surface area is 174 Å². The van der Waals surface area contributed by atoms with Gasteiger partial charge in [-0.2, -0.15) is 5.10 Å². The monoisotopic (exact) mass is 397 g/mol. The lowest BCUT2D eigenvalue weighted by Gasteiger charge is -2.32. The van der Waals surface area contributed by atoms with Crippen LogP contribution >= 0.6 is 0 Å². The summed E-state index contributed by atoms with van der Waals surface area (Å²) in [5, 5.41) is 11.4. The van der Waals surface area contributed by atoms with Crippen molar-refractivity contribution in [3.63, 3.8) is 0 Å². The van der Waals surface area contributed by atoms with Gasteiger partial charge in [-0.25, -0.2) is 0 Å². The van der Waals surface area contributed by atoms with E-state index in [1.165, 1.54) is 23.2 Å². The van der Waals surface area contributed by atoms with E-state index >= 15 is 0 Å². The van der Waals surface area contributed by atoms with Crippen LogP contribution in [0, 0.1) is 26.7 Å². The smallest absolute Gasteiger partial charge is 0.190 e. The van der Waals surface area contributed by atoms with Gasteiger partial charge < -0.3 is 15.4 Å². The van der Waals surface area contributed by atoms with Gasteiger partial charge in [0.25, 0.3) is 0 Å². The molecular weight excluding hydrogens is 362 g/mol. The maximum atomic E-state index is 6.13. The van der Waals surface area contributed by atoms with Crippen molar-refractivity contribution in [1.29, 1.82) is 0 Å². The Morgan fingerprint density at radius 3 is 2.69 bits per heavy atom. The lowest BCUT2D eigenvalue weighted by atomic mass is 9.89. The molecule has 3 rings (SSSR count). The molecule has 0 saturated carbocycles. The number of guanidine groups is 1. The van der Waals surface area contributed by atoms with E-state index in [2.05, 4.69) is 69.6 Å². The average Bonchev–Trinajstić information content (AvgIpc) is 3.05. The van der Waals surface area contributed by atoms with Crippen LogP contribution in [0.1, 0.15) is 47.9 Å². The molecule has 2 N–H and O–H groups in total. The molecule has 2 unspecified atom stereocenters. The Morgan fingerprint density at radius 1 is 1.21 bits per heavy atom. The number of aryl methyl sites for hydroxylation is 4. The fourth-order valence-electron chi connectivity index (χ4n) is 3.96. The average molecular weight is 398 g/mol. The van der Waals surface area contributed by atoms with E-state index in [0.717, 1.165) is 50.7 Å². The van der Waals surface area contributed by atoms with Crippen LogP contribution in [-0.2, 0) is 11.3 Å². The van der Waals surface area contributed by atoms with E-state index in [4.69, 9.17) is 4.74 Å². The van der Waals surface area contributed by atoms with E-state index in [9.17, 15) is 0 Å². The van der Waals surface area contributed by atoms with Crippen molar-refractivity contribution in [3.05, 3.63) is 52.8 Å². The predicted molar refractivity (Wildman–Crippen MR) is 118 cm³/mol. The molecule has 0 aliphatic carbocycles. The third-order valence-corrected chi connectivity index (χ3v) is 5.55. The summed E-state index contributed by atoms with van der Waals surface area (Å²) in [7, 11) is 1.82. The first-order chi connectivity index (χ1) is 14.1. The molecule has 1 saturated heterocycles. The molecule has 6 heteroatoms. The van der Waals surface area contributed by atoms with E-state index in [1.54, 1.807) is 0 Å². The van der Waals surface area contributed by atoms with Gasteiger partial charge in [-0.1, -0.05) is 29.8 Å². The molecule has 1 fully saturated rings. The number of ether oxygens (including phenoxy) is 1.